The van der Waals surface area contributed by atoms with E-state index in [1.807, 2.05) is 30.3 Å². The highest BCUT2D eigenvalue weighted by Gasteiger charge is 2.21. The maximum Gasteiger partial charge on any atom is 0.252 e. The summed E-state index contributed by atoms with van der Waals surface area (Å²) >= 11 is 5.96. The molecule has 0 radical (unpaired) electrons. The van der Waals surface area contributed by atoms with Crippen molar-refractivity contribution in [3.63, 3.8) is 0 Å². The quantitative estimate of drug-likeness (QED) is 0.732. The molecule has 0 saturated carbocycles. The van der Waals surface area contributed by atoms with Crippen molar-refractivity contribution in [1.82, 2.24) is 9.97 Å². The number of hydrogen-bond donors (Lipinski definition) is 1. The number of nitrogens with zero attached hydrogens (tertiary/aromatic N) is 3. The van der Waals surface area contributed by atoms with Gasteiger partial charge in [0.2, 0.25) is 5.95 Å². The Kier molecular flexibility index (Phi) is 5.21. The number of hydrogen-bond acceptors (Lipinski definition) is 5. The second-order valence-electron chi connectivity index (χ2n) is 6.61. The lowest BCUT2D eigenvalue weighted by atomic mass is 10.1. The van der Waals surface area contributed by atoms with Gasteiger partial charge in [-0.25, -0.2) is 4.98 Å². The van der Waals surface area contributed by atoms with Crippen LogP contribution in [0.5, 0.6) is 5.75 Å². The molecular weight excluding hydrogens is 376 g/mol. The molecule has 1 aromatic heterocycles. The van der Waals surface area contributed by atoms with E-state index in [4.69, 9.17) is 16.3 Å². The van der Waals surface area contributed by atoms with Gasteiger partial charge in [-0.15, -0.1) is 0 Å². The molecule has 2 aromatic carbocycles. The number of nitrogens with one attached hydrogen (secondary N) is 1. The van der Waals surface area contributed by atoms with E-state index in [-0.39, 0.29) is 5.56 Å². The molecule has 3 aromatic rings. The number of aromatic nitrogens is 2. The molecule has 1 aliphatic heterocycles. The smallest absolute Gasteiger partial charge is 0.252 e. The minimum absolute atomic E-state index is 0.165. The molecule has 7 heteroatoms. The highest BCUT2D eigenvalue weighted by Crippen LogP contribution is 2.29. The molecule has 1 saturated heterocycles. The molecule has 0 spiro atoms. The normalized spacial score (nSPS) is 14.2. The third kappa shape index (κ3) is 3.82. The molecule has 2 heterocycles. The maximum atomic E-state index is 12.2. The monoisotopic (exact) mass is 396 g/mol. The Morgan fingerprint density at radius 3 is 2.39 bits per heavy atom. The van der Waals surface area contributed by atoms with Crippen molar-refractivity contribution in [1.29, 1.82) is 0 Å². The van der Waals surface area contributed by atoms with Crippen LogP contribution in [0.25, 0.3) is 11.3 Å². The van der Waals surface area contributed by atoms with Gasteiger partial charge in [-0.3, -0.25) is 9.78 Å². The predicted octanol–water partition coefficient (Wildman–Crippen LogP) is 3.43. The van der Waals surface area contributed by atoms with E-state index in [1.54, 1.807) is 19.2 Å². The largest absolute Gasteiger partial charge is 0.495 e. The van der Waals surface area contributed by atoms with Gasteiger partial charge in [0, 0.05) is 42.8 Å². The first-order valence-corrected chi connectivity index (χ1v) is 9.52. The van der Waals surface area contributed by atoms with Gasteiger partial charge in [0.05, 0.1) is 18.5 Å². The standard InChI is InChI=1S/C21H21ClN4O2/c1-28-19-5-3-2-4-18(19)25-10-12-26(13-11-25)21-23-17(14-20(27)24-21)15-6-8-16(22)9-7-15/h2-9,14H,10-13H2,1H3,(H,23,24,27). The number of para-hydroxylation sites is 2. The Balaban J connectivity index is 1.53. The zero-order valence-corrected chi connectivity index (χ0v) is 16.3. The Bertz CT molecular complexity index is 1010. The van der Waals surface area contributed by atoms with Crippen molar-refractivity contribution in [3.05, 3.63) is 70.0 Å². The zero-order valence-electron chi connectivity index (χ0n) is 15.6. The van der Waals surface area contributed by atoms with E-state index >= 15 is 0 Å². The second kappa shape index (κ2) is 7.94. The molecule has 1 N–H and O–H groups in total. The number of anilines is 2. The third-order valence-corrected chi connectivity index (χ3v) is 5.13. The Morgan fingerprint density at radius 2 is 1.68 bits per heavy atom. The van der Waals surface area contributed by atoms with Gasteiger partial charge in [-0.1, -0.05) is 35.9 Å². The minimum Gasteiger partial charge on any atom is -0.495 e. The van der Waals surface area contributed by atoms with Crippen molar-refractivity contribution < 1.29 is 4.74 Å². The van der Waals surface area contributed by atoms with Gasteiger partial charge in [0.25, 0.3) is 5.56 Å². The SMILES string of the molecule is COc1ccccc1N1CCN(c2nc(-c3ccc(Cl)cc3)cc(=O)[nH]2)CC1. The summed E-state index contributed by atoms with van der Waals surface area (Å²) in [5.41, 5.74) is 2.43. The van der Waals surface area contributed by atoms with Gasteiger partial charge in [-0.05, 0) is 24.3 Å². The second-order valence-corrected chi connectivity index (χ2v) is 7.04. The Morgan fingerprint density at radius 1 is 1.00 bits per heavy atom. The van der Waals surface area contributed by atoms with Gasteiger partial charge in [-0.2, -0.15) is 0 Å². The lowest BCUT2D eigenvalue weighted by molar-refractivity contribution is 0.413. The number of piperazine rings is 1. The van der Waals surface area contributed by atoms with Crippen molar-refractivity contribution in [3.8, 4) is 17.0 Å². The lowest BCUT2D eigenvalue weighted by Crippen LogP contribution is -2.47. The van der Waals surface area contributed by atoms with Crippen LogP contribution in [0.3, 0.4) is 0 Å². The summed E-state index contributed by atoms with van der Waals surface area (Å²) in [7, 11) is 1.69. The van der Waals surface area contributed by atoms with E-state index in [0.717, 1.165) is 43.2 Å². The number of methoxy groups -OCH3 is 1. The molecular formula is C21H21ClN4O2. The van der Waals surface area contributed by atoms with Crippen LogP contribution in [-0.2, 0) is 0 Å². The maximum absolute atomic E-state index is 12.2. The lowest BCUT2D eigenvalue weighted by Gasteiger charge is -2.36. The number of aromatic amines is 1. The third-order valence-electron chi connectivity index (χ3n) is 4.87. The molecule has 0 unspecified atom stereocenters. The van der Waals surface area contributed by atoms with E-state index in [1.165, 1.54) is 6.07 Å². The van der Waals surface area contributed by atoms with Crippen LogP contribution in [0.2, 0.25) is 5.02 Å². The molecule has 28 heavy (non-hydrogen) atoms. The fourth-order valence-corrected chi connectivity index (χ4v) is 3.54. The van der Waals surface area contributed by atoms with Crippen molar-refractivity contribution in [2.45, 2.75) is 0 Å². The molecule has 0 bridgehead atoms. The van der Waals surface area contributed by atoms with Crippen LogP contribution in [0, 0.1) is 0 Å². The molecule has 1 fully saturated rings. The number of ether oxygens (including phenoxy) is 1. The number of benzene rings is 2. The fraction of sp³-hybridized carbons (Fsp3) is 0.238. The van der Waals surface area contributed by atoms with Gasteiger partial charge < -0.3 is 14.5 Å². The average molecular weight is 397 g/mol. The molecule has 0 amide bonds. The van der Waals surface area contributed by atoms with Gasteiger partial charge in [0.1, 0.15) is 5.75 Å². The molecule has 0 aliphatic carbocycles. The minimum atomic E-state index is -0.165. The summed E-state index contributed by atoms with van der Waals surface area (Å²) in [6.45, 7) is 3.14. The van der Waals surface area contributed by atoms with Crippen molar-refractivity contribution in [2.75, 3.05) is 43.1 Å². The van der Waals surface area contributed by atoms with E-state index in [2.05, 4.69) is 25.8 Å². The first kappa shape index (κ1) is 18.4. The summed E-state index contributed by atoms with van der Waals surface area (Å²) in [5.74, 6) is 1.46. The molecule has 1 aliphatic rings. The molecule has 6 nitrogen and oxygen atoms in total. The van der Waals surface area contributed by atoms with Crippen LogP contribution in [0.1, 0.15) is 0 Å². The summed E-state index contributed by atoms with van der Waals surface area (Å²) in [5, 5.41) is 0.654. The summed E-state index contributed by atoms with van der Waals surface area (Å²) in [6, 6.07) is 16.9. The van der Waals surface area contributed by atoms with Gasteiger partial charge >= 0.3 is 0 Å². The molecule has 4 rings (SSSR count). The van der Waals surface area contributed by atoms with E-state index < -0.39 is 0 Å². The van der Waals surface area contributed by atoms with Crippen LogP contribution in [-0.4, -0.2) is 43.3 Å². The summed E-state index contributed by atoms with van der Waals surface area (Å²) in [6.07, 6.45) is 0. The van der Waals surface area contributed by atoms with E-state index in [0.29, 0.717) is 16.7 Å². The predicted molar refractivity (Wildman–Crippen MR) is 113 cm³/mol. The first-order chi connectivity index (χ1) is 13.6. The van der Waals surface area contributed by atoms with Crippen molar-refractivity contribution >= 4 is 23.2 Å². The number of halogens is 1. The fourth-order valence-electron chi connectivity index (χ4n) is 3.41. The first-order valence-electron chi connectivity index (χ1n) is 9.14. The highest BCUT2D eigenvalue weighted by molar-refractivity contribution is 6.30. The topological polar surface area (TPSA) is 61.5 Å². The molecule has 144 valence electrons. The number of rotatable bonds is 4. The summed E-state index contributed by atoms with van der Waals surface area (Å²) < 4.78 is 5.47. The van der Waals surface area contributed by atoms with Gasteiger partial charge in [0.15, 0.2) is 0 Å². The van der Waals surface area contributed by atoms with Crippen molar-refractivity contribution in [2.24, 2.45) is 0 Å². The van der Waals surface area contributed by atoms with E-state index in [9.17, 15) is 4.79 Å². The Hall–Kier alpha value is -2.99. The Labute approximate surface area is 168 Å². The average Bonchev–Trinajstić information content (AvgIpc) is 2.74. The van der Waals surface area contributed by atoms with Crippen LogP contribution in [0.4, 0.5) is 11.6 Å². The van der Waals surface area contributed by atoms with Crippen LogP contribution < -0.4 is 20.1 Å². The highest BCUT2D eigenvalue weighted by atomic mass is 35.5. The van der Waals surface area contributed by atoms with Crippen LogP contribution in [0.15, 0.2) is 59.4 Å². The number of H-pyrrole nitrogens is 1. The van der Waals surface area contributed by atoms with Crippen LogP contribution >= 0.6 is 11.6 Å². The summed E-state index contributed by atoms with van der Waals surface area (Å²) in [4.78, 5) is 24.1. The zero-order chi connectivity index (χ0) is 19.5. The molecule has 0 atom stereocenters.